The average Bonchev–Trinajstić information content (AvgIpc) is 2.87. The minimum atomic E-state index is 0.538. The van der Waals surface area contributed by atoms with Gasteiger partial charge in [-0.3, -0.25) is 0 Å². The van der Waals surface area contributed by atoms with Gasteiger partial charge in [0.05, 0.1) is 0 Å². The molecule has 0 radical (unpaired) electrons. The van der Waals surface area contributed by atoms with E-state index in [1.54, 1.807) is 0 Å². The topological polar surface area (TPSA) is 51.0 Å². The molecule has 0 amide bonds. The number of hydrogen-bond donors (Lipinski definition) is 1. The van der Waals surface area contributed by atoms with Crippen molar-refractivity contribution < 1.29 is 4.42 Å². The predicted octanol–water partition coefficient (Wildman–Crippen LogP) is 1.88. The second kappa shape index (κ2) is 5.26. The van der Waals surface area contributed by atoms with E-state index in [1.165, 1.54) is 25.7 Å². The summed E-state index contributed by atoms with van der Waals surface area (Å²) in [5.41, 5.74) is 0. The molecule has 1 aliphatic carbocycles. The molecule has 0 aliphatic heterocycles. The molecule has 1 saturated carbocycles. The van der Waals surface area contributed by atoms with Gasteiger partial charge >= 0.3 is 0 Å². The molecule has 1 aromatic heterocycles. The molecule has 0 unspecified atom stereocenters. The first kappa shape index (κ1) is 10.6. The molecule has 0 bridgehead atoms. The van der Waals surface area contributed by atoms with Crippen molar-refractivity contribution in [2.75, 3.05) is 13.6 Å². The summed E-state index contributed by atoms with van der Waals surface area (Å²) in [4.78, 5) is 0. The number of nitrogens with one attached hydrogen (secondary N) is 1. The molecule has 0 spiro atoms. The maximum atomic E-state index is 5.66. The highest BCUT2D eigenvalue weighted by molar-refractivity contribution is 4.94. The predicted molar refractivity (Wildman–Crippen MR) is 57.8 cm³/mol. The van der Waals surface area contributed by atoms with Crippen molar-refractivity contribution in [2.24, 2.45) is 0 Å². The molecular formula is C11H19N3O. The standard InChI is InChI=1S/C11H19N3O/c1-12-8-4-7-10-13-14-11(15-10)9-5-2-3-6-9/h9,12H,2-8H2,1H3. The lowest BCUT2D eigenvalue weighted by atomic mass is 10.1. The number of nitrogens with zero attached hydrogens (tertiary/aromatic N) is 2. The van der Waals surface area contributed by atoms with E-state index >= 15 is 0 Å². The van der Waals surface area contributed by atoms with Crippen LogP contribution in [0.2, 0.25) is 0 Å². The Kier molecular flexibility index (Phi) is 3.72. The van der Waals surface area contributed by atoms with Crippen LogP contribution in [0, 0.1) is 0 Å². The van der Waals surface area contributed by atoms with E-state index in [0.29, 0.717) is 5.92 Å². The third-order valence-corrected chi connectivity index (χ3v) is 3.00. The van der Waals surface area contributed by atoms with Crippen molar-refractivity contribution in [3.8, 4) is 0 Å². The monoisotopic (exact) mass is 209 g/mol. The summed E-state index contributed by atoms with van der Waals surface area (Å²) in [7, 11) is 1.96. The maximum absolute atomic E-state index is 5.66. The Balaban J connectivity index is 1.86. The van der Waals surface area contributed by atoms with Crippen molar-refractivity contribution in [3.05, 3.63) is 11.8 Å². The van der Waals surface area contributed by atoms with E-state index in [0.717, 1.165) is 31.2 Å². The highest BCUT2D eigenvalue weighted by Gasteiger charge is 2.22. The fourth-order valence-electron chi connectivity index (χ4n) is 2.12. The van der Waals surface area contributed by atoms with Gasteiger partial charge in [0.2, 0.25) is 11.8 Å². The summed E-state index contributed by atoms with van der Waals surface area (Å²) >= 11 is 0. The van der Waals surface area contributed by atoms with Crippen LogP contribution in [0.5, 0.6) is 0 Å². The van der Waals surface area contributed by atoms with E-state index in [9.17, 15) is 0 Å². The van der Waals surface area contributed by atoms with Crippen molar-refractivity contribution in [2.45, 2.75) is 44.4 Å². The van der Waals surface area contributed by atoms with Crippen molar-refractivity contribution in [1.29, 1.82) is 0 Å². The van der Waals surface area contributed by atoms with Crippen LogP contribution in [-0.2, 0) is 6.42 Å². The van der Waals surface area contributed by atoms with Gasteiger partial charge in [-0.1, -0.05) is 12.8 Å². The van der Waals surface area contributed by atoms with Gasteiger partial charge in [0.1, 0.15) is 0 Å². The van der Waals surface area contributed by atoms with Gasteiger partial charge in [-0.15, -0.1) is 10.2 Å². The lowest BCUT2D eigenvalue weighted by molar-refractivity contribution is 0.412. The zero-order chi connectivity index (χ0) is 10.5. The van der Waals surface area contributed by atoms with Gasteiger partial charge < -0.3 is 9.73 Å². The Bertz CT molecular complexity index is 292. The fraction of sp³-hybridized carbons (Fsp3) is 0.818. The summed E-state index contributed by atoms with van der Waals surface area (Å²) in [5.74, 6) is 2.20. The van der Waals surface area contributed by atoms with Crippen molar-refractivity contribution in [1.82, 2.24) is 15.5 Å². The number of aryl methyl sites for hydroxylation is 1. The minimum absolute atomic E-state index is 0.538. The fourth-order valence-corrected chi connectivity index (χ4v) is 2.12. The second-order valence-electron chi connectivity index (χ2n) is 4.22. The molecule has 0 atom stereocenters. The van der Waals surface area contributed by atoms with E-state index in [1.807, 2.05) is 7.05 Å². The highest BCUT2D eigenvalue weighted by Crippen LogP contribution is 2.33. The van der Waals surface area contributed by atoms with Gasteiger partial charge in [0, 0.05) is 12.3 Å². The SMILES string of the molecule is CNCCCc1nnc(C2CCCC2)o1. The average molecular weight is 209 g/mol. The van der Waals surface area contributed by atoms with Crippen LogP contribution >= 0.6 is 0 Å². The summed E-state index contributed by atoms with van der Waals surface area (Å²) < 4.78 is 5.66. The van der Waals surface area contributed by atoms with Gasteiger partial charge in [-0.25, -0.2) is 0 Å². The molecule has 1 aliphatic rings. The summed E-state index contributed by atoms with van der Waals surface area (Å²) in [6.07, 6.45) is 7.00. The first-order valence-corrected chi connectivity index (χ1v) is 5.87. The molecule has 84 valence electrons. The minimum Gasteiger partial charge on any atom is -0.425 e. The molecule has 1 heterocycles. The van der Waals surface area contributed by atoms with E-state index < -0.39 is 0 Å². The lowest BCUT2D eigenvalue weighted by Crippen LogP contribution is -2.08. The molecule has 4 nitrogen and oxygen atoms in total. The molecule has 2 rings (SSSR count). The molecule has 1 fully saturated rings. The molecule has 1 N–H and O–H groups in total. The van der Waals surface area contributed by atoms with Gasteiger partial charge in [0.15, 0.2) is 0 Å². The summed E-state index contributed by atoms with van der Waals surface area (Å²) in [5, 5.41) is 11.3. The van der Waals surface area contributed by atoms with Crippen LogP contribution in [-0.4, -0.2) is 23.8 Å². The summed E-state index contributed by atoms with van der Waals surface area (Å²) in [6, 6.07) is 0. The Labute approximate surface area is 90.5 Å². The Morgan fingerprint density at radius 2 is 2.13 bits per heavy atom. The van der Waals surface area contributed by atoms with E-state index in [2.05, 4.69) is 15.5 Å². The van der Waals surface area contributed by atoms with Crippen LogP contribution in [0.3, 0.4) is 0 Å². The number of rotatable bonds is 5. The van der Waals surface area contributed by atoms with Crippen LogP contribution in [0.15, 0.2) is 4.42 Å². The number of aromatic nitrogens is 2. The molecule has 0 saturated heterocycles. The Hall–Kier alpha value is -0.900. The molecule has 0 aromatic carbocycles. The Morgan fingerprint density at radius 3 is 2.87 bits per heavy atom. The Morgan fingerprint density at radius 1 is 1.33 bits per heavy atom. The van der Waals surface area contributed by atoms with Gasteiger partial charge in [0.25, 0.3) is 0 Å². The van der Waals surface area contributed by atoms with Crippen LogP contribution in [0.25, 0.3) is 0 Å². The van der Waals surface area contributed by atoms with Crippen molar-refractivity contribution >= 4 is 0 Å². The molecular weight excluding hydrogens is 190 g/mol. The van der Waals surface area contributed by atoms with Gasteiger partial charge in [-0.05, 0) is 32.9 Å². The van der Waals surface area contributed by atoms with E-state index in [-0.39, 0.29) is 0 Å². The first-order valence-electron chi connectivity index (χ1n) is 5.87. The van der Waals surface area contributed by atoms with E-state index in [4.69, 9.17) is 4.42 Å². The van der Waals surface area contributed by atoms with Crippen molar-refractivity contribution in [3.63, 3.8) is 0 Å². The maximum Gasteiger partial charge on any atom is 0.219 e. The summed E-state index contributed by atoms with van der Waals surface area (Å²) in [6.45, 7) is 1.00. The highest BCUT2D eigenvalue weighted by atomic mass is 16.4. The van der Waals surface area contributed by atoms with Crippen LogP contribution in [0.4, 0.5) is 0 Å². The lowest BCUT2D eigenvalue weighted by Gasteiger charge is -2.00. The van der Waals surface area contributed by atoms with Crippen LogP contribution in [0.1, 0.15) is 49.8 Å². The first-order chi connectivity index (χ1) is 7.40. The third kappa shape index (κ3) is 2.78. The molecule has 15 heavy (non-hydrogen) atoms. The van der Waals surface area contributed by atoms with Crippen LogP contribution < -0.4 is 5.32 Å². The zero-order valence-electron chi connectivity index (χ0n) is 9.33. The zero-order valence-corrected chi connectivity index (χ0v) is 9.33. The molecule has 1 aromatic rings. The smallest absolute Gasteiger partial charge is 0.219 e. The molecule has 4 heteroatoms. The largest absolute Gasteiger partial charge is 0.425 e. The second-order valence-corrected chi connectivity index (χ2v) is 4.22. The third-order valence-electron chi connectivity index (χ3n) is 3.00. The van der Waals surface area contributed by atoms with Gasteiger partial charge in [-0.2, -0.15) is 0 Å². The number of hydrogen-bond acceptors (Lipinski definition) is 4. The quantitative estimate of drug-likeness (QED) is 0.752. The normalized spacial score (nSPS) is 17.4.